The third kappa shape index (κ3) is 5.45. The molecule has 7 nitrogen and oxygen atoms in total. The van der Waals surface area contributed by atoms with E-state index in [1.807, 2.05) is 6.92 Å². The molecule has 2 aromatic rings. The number of rotatable bonds is 10. The van der Waals surface area contributed by atoms with Gasteiger partial charge >= 0.3 is 11.7 Å². The molecule has 150 valence electrons. The molecule has 0 unspecified atom stereocenters. The number of hydrogen-bond donors (Lipinski definition) is 2. The summed E-state index contributed by atoms with van der Waals surface area (Å²) in [4.78, 5) is 22.0. The van der Waals surface area contributed by atoms with E-state index in [-0.39, 0.29) is 23.1 Å². The summed E-state index contributed by atoms with van der Waals surface area (Å²) in [6.07, 6.45) is 5.08. The zero-order valence-electron chi connectivity index (χ0n) is 16.2. The van der Waals surface area contributed by atoms with E-state index in [9.17, 15) is 14.9 Å². The van der Waals surface area contributed by atoms with Gasteiger partial charge in [0.2, 0.25) is 0 Å². The molecule has 0 saturated heterocycles. The molecule has 3 N–H and O–H groups in total. The second kappa shape index (κ2) is 9.73. The highest BCUT2D eigenvalue weighted by Crippen LogP contribution is 2.38. The SMILES string of the molecule is CCCCCC[C@H](C)Oc1cc(N)c(-c2ccc(C(=O)O)cc2)cc1[N+](=O)[O-]. The Morgan fingerprint density at radius 1 is 1.21 bits per heavy atom. The van der Waals surface area contributed by atoms with Gasteiger partial charge in [-0.3, -0.25) is 10.1 Å². The van der Waals surface area contributed by atoms with Crippen LogP contribution < -0.4 is 10.5 Å². The number of nitro groups is 1. The smallest absolute Gasteiger partial charge is 0.335 e. The molecule has 0 radical (unpaired) electrons. The van der Waals surface area contributed by atoms with Crippen LogP contribution in [0.25, 0.3) is 11.1 Å². The first kappa shape index (κ1) is 21.2. The largest absolute Gasteiger partial charge is 0.484 e. The standard InChI is InChI=1S/C21H26N2O5/c1-3-4-5-6-7-14(2)28-20-13-18(22)17(12-19(20)23(26)27)15-8-10-16(11-9-15)21(24)25/h8-14H,3-7,22H2,1-2H3,(H,24,25)/t14-/m0/s1. The van der Waals surface area contributed by atoms with Crippen LogP contribution in [-0.2, 0) is 0 Å². The molecule has 0 saturated carbocycles. The summed E-state index contributed by atoms with van der Waals surface area (Å²) in [6, 6.07) is 8.88. The first-order valence-electron chi connectivity index (χ1n) is 9.41. The van der Waals surface area contributed by atoms with Crippen LogP contribution in [-0.4, -0.2) is 22.1 Å². The highest BCUT2D eigenvalue weighted by Gasteiger charge is 2.21. The molecule has 0 bridgehead atoms. The van der Waals surface area contributed by atoms with Crippen molar-refractivity contribution in [1.29, 1.82) is 0 Å². The van der Waals surface area contributed by atoms with Gasteiger partial charge in [0.15, 0.2) is 5.75 Å². The van der Waals surface area contributed by atoms with Gasteiger partial charge in [0.1, 0.15) is 0 Å². The predicted octanol–water partition coefficient (Wildman–Crippen LogP) is 5.28. The van der Waals surface area contributed by atoms with Crippen molar-refractivity contribution < 1.29 is 19.6 Å². The van der Waals surface area contributed by atoms with Gasteiger partial charge in [0.05, 0.1) is 16.6 Å². The first-order chi connectivity index (χ1) is 13.3. The lowest BCUT2D eigenvalue weighted by molar-refractivity contribution is -0.386. The minimum atomic E-state index is -1.04. The summed E-state index contributed by atoms with van der Waals surface area (Å²) in [5.41, 5.74) is 7.49. The minimum Gasteiger partial charge on any atom is -0.484 e. The van der Waals surface area contributed by atoms with Gasteiger partial charge in [0, 0.05) is 23.4 Å². The first-order valence-corrected chi connectivity index (χ1v) is 9.41. The summed E-state index contributed by atoms with van der Waals surface area (Å²) in [7, 11) is 0. The Hall–Kier alpha value is -3.09. The third-order valence-electron chi connectivity index (χ3n) is 4.56. The van der Waals surface area contributed by atoms with Crippen LogP contribution in [0.5, 0.6) is 5.75 Å². The third-order valence-corrected chi connectivity index (χ3v) is 4.56. The molecule has 28 heavy (non-hydrogen) atoms. The van der Waals surface area contributed by atoms with Crippen molar-refractivity contribution in [2.45, 2.75) is 52.1 Å². The molecule has 0 aliphatic carbocycles. The number of unbranched alkanes of at least 4 members (excludes halogenated alkanes) is 3. The monoisotopic (exact) mass is 386 g/mol. The van der Waals surface area contributed by atoms with E-state index in [0.717, 1.165) is 32.1 Å². The maximum absolute atomic E-state index is 11.5. The summed E-state index contributed by atoms with van der Waals surface area (Å²) >= 11 is 0. The molecule has 0 aliphatic heterocycles. The Morgan fingerprint density at radius 2 is 1.89 bits per heavy atom. The number of nitrogens with zero attached hydrogens (tertiary/aromatic N) is 1. The molecule has 7 heteroatoms. The topological polar surface area (TPSA) is 116 Å². The highest BCUT2D eigenvalue weighted by molar-refractivity contribution is 5.89. The van der Waals surface area contributed by atoms with Crippen molar-refractivity contribution in [3.05, 3.63) is 52.1 Å². The number of nitrogens with two attached hydrogens (primary N) is 1. The Balaban J connectivity index is 2.26. The van der Waals surface area contributed by atoms with Crippen LogP contribution >= 0.6 is 0 Å². The zero-order valence-corrected chi connectivity index (χ0v) is 16.2. The van der Waals surface area contributed by atoms with Gasteiger partial charge in [-0.15, -0.1) is 0 Å². The Bertz CT molecular complexity index is 833. The molecular formula is C21H26N2O5. The van der Waals surface area contributed by atoms with Crippen LogP contribution in [0.3, 0.4) is 0 Å². The van der Waals surface area contributed by atoms with Gasteiger partial charge < -0.3 is 15.6 Å². The average Bonchev–Trinajstić information content (AvgIpc) is 2.65. The van der Waals surface area contributed by atoms with Crippen LogP contribution in [0.1, 0.15) is 56.3 Å². The van der Waals surface area contributed by atoms with Gasteiger partial charge in [0.25, 0.3) is 0 Å². The minimum absolute atomic E-state index is 0.133. The lowest BCUT2D eigenvalue weighted by Gasteiger charge is -2.16. The van der Waals surface area contributed by atoms with E-state index in [1.165, 1.54) is 24.3 Å². The molecule has 2 rings (SSSR count). The lowest BCUT2D eigenvalue weighted by Crippen LogP contribution is -2.13. The number of anilines is 1. The molecule has 0 heterocycles. The second-order valence-electron chi connectivity index (χ2n) is 6.82. The molecular weight excluding hydrogens is 360 g/mol. The van der Waals surface area contributed by atoms with E-state index < -0.39 is 10.9 Å². The van der Waals surface area contributed by atoms with E-state index in [0.29, 0.717) is 16.8 Å². The fourth-order valence-electron chi connectivity index (χ4n) is 3.00. The summed E-state index contributed by atoms with van der Waals surface area (Å²) in [5, 5.41) is 20.5. The number of ether oxygens (including phenoxy) is 1. The van der Waals surface area contributed by atoms with Crippen LogP contribution in [0.15, 0.2) is 36.4 Å². The zero-order chi connectivity index (χ0) is 20.7. The van der Waals surface area contributed by atoms with E-state index in [1.54, 1.807) is 12.1 Å². The molecule has 0 amide bonds. The van der Waals surface area contributed by atoms with E-state index >= 15 is 0 Å². The number of benzene rings is 2. The predicted molar refractivity (Wildman–Crippen MR) is 109 cm³/mol. The highest BCUT2D eigenvalue weighted by atomic mass is 16.6. The molecule has 0 aromatic heterocycles. The maximum Gasteiger partial charge on any atom is 0.335 e. The summed E-state index contributed by atoms with van der Waals surface area (Å²) < 4.78 is 5.81. The molecule has 2 aromatic carbocycles. The summed E-state index contributed by atoms with van der Waals surface area (Å²) in [6.45, 7) is 4.03. The fraction of sp³-hybridized carbons (Fsp3) is 0.381. The van der Waals surface area contributed by atoms with Crippen molar-refractivity contribution in [3.8, 4) is 16.9 Å². The number of nitrogen functional groups attached to an aromatic ring is 1. The Labute approximate surface area is 164 Å². The number of nitro benzene ring substituents is 1. The van der Waals surface area contributed by atoms with Crippen molar-refractivity contribution >= 4 is 17.3 Å². The Morgan fingerprint density at radius 3 is 2.46 bits per heavy atom. The number of carbonyl (C=O) groups is 1. The fourth-order valence-corrected chi connectivity index (χ4v) is 3.00. The van der Waals surface area contributed by atoms with Crippen molar-refractivity contribution in [3.63, 3.8) is 0 Å². The molecule has 0 aliphatic rings. The van der Waals surface area contributed by atoms with Crippen LogP contribution in [0.2, 0.25) is 0 Å². The second-order valence-corrected chi connectivity index (χ2v) is 6.82. The Kier molecular flexibility index (Phi) is 7.37. The van der Waals surface area contributed by atoms with Gasteiger partial charge in [-0.05, 0) is 37.5 Å². The normalized spacial score (nSPS) is 11.8. The quantitative estimate of drug-likeness (QED) is 0.248. The number of hydrogen-bond acceptors (Lipinski definition) is 5. The van der Waals surface area contributed by atoms with Crippen molar-refractivity contribution in [1.82, 2.24) is 0 Å². The van der Waals surface area contributed by atoms with Gasteiger partial charge in [-0.1, -0.05) is 38.3 Å². The van der Waals surface area contributed by atoms with Crippen LogP contribution in [0.4, 0.5) is 11.4 Å². The van der Waals surface area contributed by atoms with Crippen LogP contribution in [0, 0.1) is 10.1 Å². The molecule has 0 fully saturated rings. The number of aromatic carboxylic acids is 1. The summed E-state index contributed by atoms with van der Waals surface area (Å²) in [5.74, 6) is -0.890. The van der Waals surface area contributed by atoms with Gasteiger partial charge in [-0.2, -0.15) is 0 Å². The van der Waals surface area contributed by atoms with Crippen molar-refractivity contribution in [2.75, 3.05) is 5.73 Å². The van der Waals surface area contributed by atoms with E-state index in [4.69, 9.17) is 15.6 Å². The van der Waals surface area contributed by atoms with E-state index in [2.05, 4.69) is 6.92 Å². The molecule has 1 atom stereocenters. The average molecular weight is 386 g/mol. The molecule has 0 spiro atoms. The number of carboxylic acid groups (broad SMARTS) is 1. The number of carboxylic acids is 1. The van der Waals surface area contributed by atoms with Crippen molar-refractivity contribution in [2.24, 2.45) is 0 Å². The lowest BCUT2D eigenvalue weighted by atomic mass is 10.0. The maximum atomic E-state index is 11.5. The van der Waals surface area contributed by atoms with Gasteiger partial charge in [-0.25, -0.2) is 4.79 Å².